The van der Waals surface area contributed by atoms with Crippen molar-refractivity contribution in [1.29, 1.82) is 0 Å². The Bertz CT molecular complexity index is 2330. The summed E-state index contributed by atoms with van der Waals surface area (Å²) in [5.74, 6) is -3.69. The number of rotatable bonds is 12. The fraction of sp³-hybridized carbons (Fsp3) is 0.0556. The number of benzene rings is 2. The molecule has 0 aliphatic heterocycles. The molecule has 0 saturated heterocycles. The van der Waals surface area contributed by atoms with Gasteiger partial charge in [0.25, 0.3) is 20.0 Å². The van der Waals surface area contributed by atoms with E-state index in [-0.39, 0.29) is 45.4 Å². The number of carboxylic acid groups (broad SMARTS) is 2. The Kier molecular flexibility index (Phi) is 11.7. The van der Waals surface area contributed by atoms with E-state index in [2.05, 4.69) is 15.3 Å². The fourth-order valence-corrected chi connectivity index (χ4v) is 7.75. The summed E-state index contributed by atoms with van der Waals surface area (Å²) in [6.07, 6.45) is 9.26. The van der Waals surface area contributed by atoms with Gasteiger partial charge in [-0.05, 0) is 71.8 Å². The van der Waals surface area contributed by atoms with Crippen molar-refractivity contribution < 1.29 is 45.4 Å². The maximum atomic E-state index is 14.8. The Balaban J connectivity index is 0.000000609. The van der Waals surface area contributed by atoms with Gasteiger partial charge < -0.3 is 15.5 Å². The molecule has 4 heterocycles. The number of pyridine rings is 2. The normalized spacial score (nSPS) is 11.6. The predicted molar refractivity (Wildman–Crippen MR) is 188 cm³/mol. The van der Waals surface area contributed by atoms with Crippen molar-refractivity contribution in [2.75, 3.05) is 0 Å². The second-order valence-electron chi connectivity index (χ2n) is 11.0. The lowest BCUT2D eigenvalue weighted by Gasteiger charge is -2.11. The molecule has 0 amide bonds. The van der Waals surface area contributed by atoms with Gasteiger partial charge in [0.1, 0.15) is 21.4 Å². The van der Waals surface area contributed by atoms with Crippen molar-refractivity contribution in [3.8, 4) is 22.5 Å². The van der Waals surface area contributed by atoms with Crippen LogP contribution in [0.1, 0.15) is 11.1 Å². The first-order valence-electron chi connectivity index (χ1n) is 15.4. The van der Waals surface area contributed by atoms with Gasteiger partial charge >= 0.3 is 11.9 Å². The van der Waals surface area contributed by atoms with Crippen LogP contribution in [-0.4, -0.2) is 56.9 Å². The van der Waals surface area contributed by atoms with E-state index in [1.54, 1.807) is 24.3 Å². The lowest BCUT2D eigenvalue weighted by atomic mass is 10.1. The smallest absolute Gasteiger partial charge is 0.328 e. The molecule has 2 aromatic carbocycles. The van der Waals surface area contributed by atoms with Gasteiger partial charge in [-0.3, -0.25) is 9.97 Å². The Labute approximate surface area is 302 Å². The van der Waals surface area contributed by atoms with Crippen molar-refractivity contribution >= 4 is 32.0 Å². The number of nitrogens with one attached hydrogen (secondary N) is 1. The van der Waals surface area contributed by atoms with Crippen molar-refractivity contribution in [3.05, 3.63) is 157 Å². The third-order valence-corrected chi connectivity index (χ3v) is 10.7. The quantitative estimate of drug-likeness (QED) is 0.140. The minimum absolute atomic E-state index is 0.0606. The topological polar surface area (TPSA) is 191 Å². The molecule has 13 nitrogen and oxygen atoms in total. The molecule has 0 radical (unpaired) electrons. The van der Waals surface area contributed by atoms with E-state index in [4.69, 9.17) is 10.2 Å². The van der Waals surface area contributed by atoms with Crippen molar-refractivity contribution in [2.45, 2.75) is 22.9 Å². The summed E-state index contributed by atoms with van der Waals surface area (Å²) in [5.41, 5.74) is 1.51. The van der Waals surface area contributed by atoms with Crippen LogP contribution in [0.25, 0.3) is 22.5 Å². The summed E-state index contributed by atoms with van der Waals surface area (Å²) >= 11 is 0. The average Bonchev–Trinajstić information content (AvgIpc) is 3.78. The minimum Gasteiger partial charge on any atom is -0.478 e. The Hall–Kier alpha value is -6.30. The van der Waals surface area contributed by atoms with Gasteiger partial charge in [-0.1, -0.05) is 24.3 Å². The molecule has 6 rings (SSSR count). The van der Waals surface area contributed by atoms with E-state index in [0.717, 1.165) is 7.94 Å². The lowest BCUT2D eigenvalue weighted by molar-refractivity contribution is -0.134. The summed E-state index contributed by atoms with van der Waals surface area (Å²) in [5, 5.41) is 18.8. The van der Waals surface area contributed by atoms with Crippen LogP contribution >= 0.6 is 0 Å². The van der Waals surface area contributed by atoms with Crippen molar-refractivity contribution in [2.24, 2.45) is 0 Å². The largest absolute Gasteiger partial charge is 0.478 e. The van der Waals surface area contributed by atoms with Gasteiger partial charge in [-0.25, -0.2) is 43.2 Å². The number of hydrogen-bond acceptors (Lipinski definition) is 9. The van der Waals surface area contributed by atoms with Crippen LogP contribution in [0.2, 0.25) is 0 Å². The first-order chi connectivity index (χ1) is 25.3. The zero-order valence-corrected chi connectivity index (χ0v) is 29.0. The second kappa shape index (κ2) is 16.4. The van der Waals surface area contributed by atoms with Gasteiger partial charge in [-0.2, -0.15) is 0 Å². The van der Waals surface area contributed by atoms with Gasteiger partial charge in [-0.15, -0.1) is 0 Å². The Morgan fingerprint density at radius 2 is 1.04 bits per heavy atom. The summed E-state index contributed by atoms with van der Waals surface area (Å²) in [4.78, 5) is 26.8. The molecule has 0 bridgehead atoms. The highest BCUT2D eigenvalue weighted by atomic mass is 32.2. The first kappa shape index (κ1) is 37.9. The van der Waals surface area contributed by atoms with E-state index in [1.165, 1.54) is 97.8 Å². The number of carboxylic acids is 2. The van der Waals surface area contributed by atoms with E-state index >= 15 is 0 Å². The van der Waals surface area contributed by atoms with Crippen LogP contribution < -0.4 is 5.32 Å². The zero-order valence-electron chi connectivity index (χ0n) is 27.3. The molecule has 53 heavy (non-hydrogen) atoms. The lowest BCUT2D eigenvalue weighted by Crippen LogP contribution is -2.15. The molecular formula is C36H29F2N5O8S2. The number of nitrogens with zero attached hydrogens (tertiary/aromatic N) is 4. The van der Waals surface area contributed by atoms with E-state index in [1.807, 2.05) is 0 Å². The maximum Gasteiger partial charge on any atom is 0.328 e. The molecule has 17 heteroatoms. The second-order valence-corrected chi connectivity index (χ2v) is 14.6. The van der Waals surface area contributed by atoms with Gasteiger partial charge in [0, 0.05) is 73.5 Å². The highest BCUT2D eigenvalue weighted by Gasteiger charge is 2.25. The third-order valence-electron chi connectivity index (χ3n) is 7.39. The summed E-state index contributed by atoms with van der Waals surface area (Å²) in [6.45, 7) is 0.291. The van der Waals surface area contributed by atoms with Crippen LogP contribution in [0.4, 0.5) is 8.78 Å². The predicted octanol–water partition coefficient (Wildman–Crippen LogP) is 5.17. The van der Waals surface area contributed by atoms with E-state index < -0.39 is 43.6 Å². The summed E-state index contributed by atoms with van der Waals surface area (Å²) < 4.78 is 85.9. The van der Waals surface area contributed by atoms with Crippen molar-refractivity contribution in [1.82, 2.24) is 23.2 Å². The molecule has 0 saturated carbocycles. The highest BCUT2D eigenvalue weighted by molar-refractivity contribution is 7.90. The zero-order chi connectivity index (χ0) is 38.2. The van der Waals surface area contributed by atoms with Gasteiger partial charge in [0.2, 0.25) is 0 Å². The molecule has 0 aliphatic carbocycles. The van der Waals surface area contributed by atoms with E-state index in [9.17, 15) is 35.2 Å². The fourth-order valence-electron chi connectivity index (χ4n) is 5.04. The molecule has 4 aromatic heterocycles. The maximum absolute atomic E-state index is 14.8. The highest BCUT2D eigenvalue weighted by Crippen LogP contribution is 2.31. The monoisotopic (exact) mass is 761 g/mol. The first-order valence-corrected chi connectivity index (χ1v) is 18.2. The Morgan fingerprint density at radius 1 is 0.642 bits per heavy atom. The molecule has 0 fully saturated rings. The Morgan fingerprint density at radius 3 is 1.38 bits per heavy atom. The number of halogens is 2. The van der Waals surface area contributed by atoms with Crippen LogP contribution in [-0.2, 0) is 42.7 Å². The SMILES string of the molecule is O=C(O)/C=C/C(=O)O.O=S(=O)(c1cccnc1)n1cc(CNCc2cc(-c3ccccc3F)n(S(=O)(=O)c3cccnc3)c2)cc1-c1ccccc1F. The third kappa shape index (κ3) is 8.96. The van der Waals surface area contributed by atoms with Crippen molar-refractivity contribution in [3.63, 3.8) is 0 Å². The average molecular weight is 762 g/mol. The number of aliphatic carboxylic acids is 2. The molecule has 0 atom stereocenters. The van der Waals surface area contributed by atoms with Gasteiger partial charge in [0.15, 0.2) is 0 Å². The molecule has 6 aromatic rings. The molecule has 3 N–H and O–H groups in total. The molecule has 0 spiro atoms. The summed E-state index contributed by atoms with van der Waals surface area (Å²) in [6, 6.07) is 20.7. The van der Waals surface area contributed by atoms with E-state index in [0.29, 0.717) is 23.3 Å². The van der Waals surface area contributed by atoms with Crippen LogP contribution in [0, 0.1) is 11.6 Å². The molecule has 0 unspecified atom stereocenters. The summed E-state index contributed by atoms with van der Waals surface area (Å²) in [7, 11) is -8.24. The molecule has 0 aliphatic rings. The molecule has 272 valence electrons. The number of hydrogen-bond donors (Lipinski definition) is 3. The minimum atomic E-state index is -4.12. The standard InChI is InChI=1S/C32H25F2N5O4S2.C4H4O4/c33-29-11-3-1-9-27(29)31-15-23(21-38(31)44(40,41)25-7-5-13-35-19-25)17-37-18-24-16-32(28-10-2-4-12-30(28)34)39(22-24)45(42,43)26-8-6-14-36-20-26;5-3(6)1-2-4(7)8/h1-16,19-22,37H,17-18H2;1-2H,(H,5,6)(H,7,8)/b;2-1+. The van der Waals surface area contributed by atoms with Gasteiger partial charge in [0.05, 0.1) is 11.4 Å². The van der Waals surface area contributed by atoms with Crippen LogP contribution in [0.5, 0.6) is 0 Å². The van der Waals surface area contributed by atoms with Crippen LogP contribution in [0.3, 0.4) is 0 Å². The number of carbonyl (C=O) groups is 2. The van der Waals surface area contributed by atoms with Crippen LogP contribution in [0.15, 0.2) is 144 Å². The molecular weight excluding hydrogens is 733 g/mol. The number of aromatic nitrogens is 4.